The lowest BCUT2D eigenvalue weighted by Crippen LogP contribution is -2.36. The Bertz CT molecular complexity index is 1100. The van der Waals surface area contributed by atoms with E-state index < -0.39 is 27.4 Å². The maximum atomic E-state index is 14.6. The molecule has 7 heteroatoms. The molecule has 1 unspecified atom stereocenters. The van der Waals surface area contributed by atoms with Crippen LogP contribution in [0.3, 0.4) is 0 Å². The molecule has 0 saturated heterocycles. The first-order chi connectivity index (χ1) is 14.9. The van der Waals surface area contributed by atoms with E-state index in [1.165, 1.54) is 17.4 Å². The summed E-state index contributed by atoms with van der Waals surface area (Å²) in [5.74, 6) is -1.09. The van der Waals surface area contributed by atoms with Crippen LogP contribution in [0.25, 0.3) is 10.6 Å². The summed E-state index contributed by atoms with van der Waals surface area (Å²) in [7, 11) is -1.52. The van der Waals surface area contributed by atoms with Crippen LogP contribution in [-0.4, -0.2) is 13.9 Å². The van der Waals surface area contributed by atoms with Gasteiger partial charge in [0.15, 0.2) is 0 Å². The van der Waals surface area contributed by atoms with E-state index in [0.717, 1.165) is 28.3 Å². The van der Waals surface area contributed by atoms with Crippen LogP contribution in [0.1, 0.15) is 63.1 Å². The van der Waals surface area contributed by atoms with Crippen molar-refractivity contribution < 1.29 is 13.0 Å². The summed E-state index contributed by atoms with van der Waals surface area (Å²) in [4.78, 5) is 5.85. The molecule has 1 aromatic heterocycles. The van der Waals surface area contributed by atoms with Crippen molar-refractivity contribution in [3.63, 3.8) is 0 Å². The number of aromatic nitrogens is 1. The standard InChI is InChI=1S/C25H30F2N2OS2/c1-24(2,3)19(15-25(4,5)32(28)30)22-21(13-16-9-7-6-8-10-16)31-23(29-22)18-14-17(26)11-12-20(18)27/h6-12,14,19H,13,15,28H2,1-5H3/t19-,32?/m0/s1. The Kier molecular flexibility index (Phi) is 7.32. The summed E-state index contributed by atoms with van der Waals surface area (Å²) >= 11 is 1.38. The molecule has 3 aromatic rings. The fourth-order valence-electron chi connectivity index (χ4n) is 3.71. The minimum atomic E-state index is -1.52. The number of benzene rings is 2. The molecular formula is C25H30F2N2OS2. The van der Waals surface area contributed by atoms with E-state index >= 15 is 0 Å². The van der Waals surface area contributed by atoms with Crippen LogP contribution in [-0.2, 0) is 17.4 Å². The monoisotopic (exact) mass is 476 g/mol. The van der Waals surface area contributed by atoms with Gasteiger partial charge in [0, 0.05) is 22.8 Å². The number of halogens is 2. The summed E-state index contributed by atoms with van der Waals surface area (Å²) in [5.41, 5.74) is 1.89. The van der Waals surface area contributed by atoms with Crippen molar-refractivity contribution in [2.24, 2.45) is 10.6 Å². The molecule has 0 aliphatic heterocycles. The topological polar surface area (TPSA) is 56.0 Å². The molecule has 0 spiro atoms. The average molecular weight is 477 g/mol. The zero-order valence-electron chi connectivity index (χ0n) is 19.1. The molecule has 3 rings (SSSR count). The van der Waals surface area contributed by atoms with Gasteiger partial charge in [0.25, 0.3) is 0 Å². The number of nitrogens with zero attached hydrogens (tertiary/aromatic N) is 1. The highest BCUT2D eigenvalue weighted by atomic mass is 32.2. The molecule has 0 saturated carbocycles. The highest BCUT2D eigenvalue weighted by Crippen LogP contribution is 2.45. The van der Waals surface area contributed by atoms with Crippen LogP contribution in [0.15, 0.2) is 48.5 Å². The van der Waals surface area contributed by atoms with Crippen LogP contribution >= 0.6 is 11.3 Å². The van der Waals surface area contributed by atoms with Gasteiger partial charge in [0.1, 0.15) is 16.6 Å². The van der Waals surface area contributed by atoms with Crippen LogP contribution in [0.2, 0.25) is 0 Å². The third-order valence-electron chi connectivity index (χ3n) is 5.71. The highest BCUT2D eigenvalue weighted by Gasteiger charge is 2.38. The van der Waals surface area contributed by atoms with Crippen molar-refractivity contribution in [1.82, 2.24) is 4.98 Å². The Morgan fingerprint density at radius 1 is 1.06 bits per heavy atom. The van der Waals surface area contributed by atoms with E-state index in [4.69, 9.17) is 10.1 Å². The Hall–Kier alpha value is -1.96. The molecule has 0 aliphatic carbocycles. The van der Waals surface area contributed by atoms with Gasteiger partial charge in [0.2, 0.25) is 0 Å². The normalized spacial score (nSPS) is 14.4. The molecule has 1 heterocycles. The maximum absolute atomic E-state index is 14.6. The van der Waals surface area contributed by atoms with E-state index in [1.54, 1.807) is 0 Å². The number of hydrogen-bond donors (Lipinski definition) is 1. The molecule has 172 valence electrons. The first kappa shape index (κ1) is 24.7. The second kappa shape index (κ2) is 9.49. The maximum Gasteiger partial charge on any atom is 0.133 e. The minimum absolute atomic E-state index is 0.0784. The van der Waals surface area contributed by atoms with E-state index in [0.29, 0.717) is 17.8 Å². The van der Waals surface area contributed by atoms with Crippen LogP contribution in [0.5, 0.6) is 0 Å². The van der Waals surface area contributed by atoms with Gasteiger partial charge in [-0.1, -0.05) is 51.1 Å². The van der Waals surface area contributed by atoms with Gasteiger partial charge in [0.05, 0.1) is 21.4 Å². The molecule has 0 amide bonds. The Morgan fingerprint density at radius 2 is 1.72 bits per heavy atom. The molecular weight excluding hydrogens is 446 g/mol. The predicted molar refractivity (Wildman–Crippen MR) is 130 cm³/mol. The molecule has 3 nitrogen and oxygen atoms in total. The lowest BCUT2D eigenvalue weighted by molar-refractivity contribution is 0.282. The minimum Gasteiger partial charge on any atom is -0.251 e. The van der Waals surface area contributed by atoms with Gasteiger partial charge in [-0.3, -0.25) is 5.14 Å². The van der Waals surface area contributed by atoms with Gasteiger partial charge in [-0.15, -0.1) is 11.3 Å². The molecule has 32 heavy (non-hydrogen) atoms. The summed E-state index contributed by atoms with van der Waals surface area (Å²) in [6, 6.07) is 13.4. The largest absolute Gasteiger partial charge is 0.251 e. The number of thiazole rings is 1. The van der Waals surface area contributed by atoms with Crippen molar-refractivity contribution in [2.75, 3.05) is 0 Å². The molecule has 0 bridgehead atoms. The summed E-state index contributed by atoms with van der Waals surface area (Å²) < 4.78 is 40.1. The van der Waals surface area contributed by atoms with Crippen LogP contribution in [0.4, 0.5) is 8.78 Å². The molecule has 2 atom stereocenters. The van der Waals surface area contributed by atoms with E-state index in [9.17, 15) is 13.0 Å². The van der Waals surface area contributed by atoms with Gasteiger partial charge in [-0.25, -0.2) is 18.0 Å². The lowest BCUT2D eigenvalue weighted by Gasteiger charge is -2.35. The quantitative estimate of drug-likeness (QED) is 0.418. The van der Waals surface area contributed by atoms with Crippen molar-refractivity contribution in [1.29, 1.82) is 0 Å². The lowest BCUT2D eigenvalue weighted by atomic mass is 9.73. The zero-order chi connectivity index (χ0) is 23.7. The SMILES string of the molecule is CC(C)(C)[C@@H](CC(C)(C)S(N)=O)c1nc(-c2cc(F)ccc2F)sc1Cc1ccccc1. The third kappa shape index (κ3) is 5.69. The third-order valence-corrected chi connectivity index (χ3v) is 8.07. The van der Waals surface area contributed by atoms with Gasteiger partial charge in [-0.2, -0.15) is 0 Å². The average Bonchev–Trinajstić information content (AvgIpc) is 3.11. The van der Waals surface area contributed by atoms with Gasteiger partial charge < -0.3 is 0 Å². The zero-order valence-corrected chi connectivity index (χ0v) is 20.7. The number of hydrogen-bond acceptors (Lipinski definition) is 3. The number of rotatable bonds is 7. The molecule has 0 radical (unpaired) electrons. The highest BCUT2D eigenvalue weighted by molar-refractivity contribution is 7.84. The molecule has 0 fully saturated rings. The Labute approximate surface area is 195 Å². The predicted octanol–water partition coefficient (Wildman–Crippen LogP) is 6.60. The van der Waals surface area contributed by atoms with E-state index in [1.807, 2.05) is 44.2 Å². The van der Waals surface area contributed by atoms with E-state index in [2.05, 4.69) is 20.8 Å². The van der Waals surface area contributed by atoms with Crippen molar-refractivity contribution in [2.45, 2.75) is 58.1 Å². The summed E-state index contributed by atoms with van der Waals surface area (Å²) in [6.45, 7) is 10.1. The van der Waals surface area contributed by atoms with Gasteiger partial charge in [-0.05, 0) is 49.4 Å². The molecule has 2 N–H and O–H groups in total. The van der Waals surface area contributed by atoms with E-state index in [-0.39, 0.29) is 16.9 Å². The fraction of sp³-hybridized carbons (Fsp3) is 0.400. The van der Waals surface area contributed by atoms with Crippen molar-refractivity contribution in [3.8, 4) is 10.6 Å². The Balaban J connectivity index is 2.17. The first-order valence-electron chi connectivity index (χ1n) is 10.5. The van der Waals surface area contributed by atoms with Crippen LogP contribution in [0, 0.1) is 17.0 Å². The molecule has 2 aromatic carbocycles. The summed E-state index contributed by atoms with van der Waals surface area (Å²) in [6.07, 6.45) is 1.18. The molecule has 0 aliphatic rings. The van der Waals surface area contributed by atoms with Crippen molar-refractivity contribution >= 4 is 22.3 Å². The van der Waals surface area contributed by atoms with Gasteiger partial charge >= 0.3 is 0 Å². The number of nitrogens with two attached hydrogens (primary N) is 1. The second-order valence-corrected chi connectivity index (χ2v) is 12.6. The first-order valence-corrected chi connectivity index (χ1v) is 12.6. The second-order valence-electron chi connectivity index (χ2n) is 9.79. The Morgan fingerprint density at radius 3 is 2.31 bits per heavy atom. The van der Waals surface area contributed by atoms with Crippen LogP contribution < -0.4 is 5.14 Å². The van der Waals surface area contributed by atoms with Crippen molar-refractivity contribution in [3.05, 3.63) is 76.3 Å². The fourth-order valence-corrected chi connectivity index (χ4v) is 5.21. The smallest absolute Gasteiger partial charge is 0.133 e. The summed E-state index contributed by atoms with van der Waals surface area (Å²) in [5, 5.41) is 6.25.